The predicted molar refractivity (Wildman–Crippen MR) is 83.2 cm³/mol. The van der Waals surface area contributed by atoms with Crippen LogP contribution in [0.1, 0.15) is 24.0 Å². The molecule has 6 heteroatoms. The summed E-state index contributed by atoms with van der Waals surface area (Å²) in [5, 5.41) is 6.48. The zero-order valence-corrected chi connectivity index (χ0v) is 12.7. The highest BCUT2D eigenvalue weighted by Crippen LogP contribution is 2.13. The summed E-state index contributed by atoms with van der Waals surface area (Å²) in [4.78, 5) is 13.2. The minimum atomic E-state index is 0.385. The van der Waals surface area contributed by atoms with Crippen LogP contribution < -0.4 is 10.6 Å². The van der Waals surface area contributed by atoms with Crippen molar-refractivity contribution in [3.05, 3.63) is 41.5 Å². The number of aryl methyl sites for hydroxylation is 1. The summed E-state index contributed by atoms with van der Waals surface area (Å²) in [6.45, 7) is 5.90. The molecule has 21 heavy (non-hydrogen) atoms. The molecule has 0 aliphatic rings. The van der Waals surface area contributed by atoms with E-state index in [0.29, 0.717) is 19.0 Å². The quantitative estimate of drug-likeness (QED) is 0.814. The monoisotopic (exact) mass is 287 g/mol. The molecule has 2 N–H and O–H groups in total. The van der Waals surface area contributed by atoms with Gasteiger partial charge < -0.3 is 15.4 Å². The van der Waals surface area contributed by atoms with E-state index in [-0.39, 0.29) is 0 Å². The maximum Gasteiger partial charge on any atom is 0.158 e. The maximum atomic E-state index is 5.11. The third-order valence-corrected chi connectivity index (χ3v) is 2.96. The van der Waals surface area contributed by atoms with Crippen molar-refractivity contribution in [1.29, 1.82) is 0 Å². The number of hydrogen-bond donors (Lipinski definition) is 2. The second kappa shape index (κ2) is 7.54. The minimum absolute atomic E-state index is 0.385. The molecule has 0 amide bonds. The van der Waals surface area contributed by atoms with E-state index in [1.165, 1.54) is 0 Å². The van der Waals surface area contributed by atoms with Gasteiger partial charge in [-0.15, -0.1) is 0 Å². The highest BCUT2D eigenvalue weighted by atomic mass is 16.5. The van der Waals surface area contributed by atoms with Gasteiger partial charge in [0.15, 0.2) is 5.82 Å². The van der Waals surface area contributed by atoms with Crippen LogP contribution in [0, 0.1) is 6.92 Å². The SMILES string of the molecule is CCNc1cc(NCc2ncccc2C)nc(COC)n1. The molecule has 0 spiro atoms. The molecule has 0 unspecified atom stereocenters. The van der Waals surface area contributed by atoms with Gasteiger partial charge >= 0.3 is 0 Å². The van der Waals surface area contributed by atoms with E-state index in [1.807, 2.05) is 32.0 Å². The van der Waals surface area contributed by atoms with Crippen LogP contribution in [0.3, 0.4) is 0 Å². The van der Waals surface area contributed by atoms with Gasteiger partial charge in [0.1, 0.15) is 18.2 Å². The summed E-state index contributed by atoms with van der Waals surface area (Å²) in [6, 6.07) is 5.87. The summed E-state index contributed by atoms with van der Waals surface area (Å²) in [5.74, 6) is 2.20. The Hall–Kier alpha value is -2.21. The molecule has 0 saturated carbocycles. The first-order chi connectivity index (χ1) is 10.2. The molecular weight excluding hydrogens is 266 g/mol. The van der Waals surface area contributed by atoms with Gasteiger partial charge in [0.2, 0.25) is 0 Å². The summed E-state index contributed by atoms with van der Waals surface area (Å²) in [7, 11) is 1.63. The number of pyridine rings is 1. The predicted octanol–water partition coefficient (Wildman–Crippen LogP) is 2.37. The number of nitrogens with one attached hydrogen (secondary N) is 2. The lowest BCUT2D eigenvalue weighted by molar-refractivity contribution is 0.178. The van der Waals surface area contributed by atoms with Crippen molar-refractivity contribution < 1.29 is 4.74 Å². The standard InChI is InChI=1S/C15H21N5O/c1-4-16-13-8-14(20-15(19-13)10-21-3)18-9-12-11(2)6-5-7-17-12/h5-8H,4,9-10H2,1-3H3,(H2,16,18,19,20). The van der Waals surface area contributed by atoms with Crippen LogP contribution in [0.15, 0.2) is 24.4 Å². The molecule has 0 fully saturated rings. The van der Waals surface area contributed by atoms with Crippen molar-refractivity contribution in [2.75, 3.05) is 24.3 Å². The second-order valence-electron chi connectivity index (χ2n) is 4.64. The van der Waals surface area contributed by atoms with Crippen LogP contribution in [-0.2, 0) is 17.9 Å². The van der Waals surface area contributed by atoms with Crippen LogP contribution in [0.4, 0.5) is 11.6 Å². The number of nitrogens with zero attached hydrogens (tertiary/aromatic N) is 3. The molecule has 2 aromatic rings. The van der Waals surface area contributed by atoms with Crippen LogP contribution in [0.5, 0.6) is 0 Å². The molecule has 0 atom stereocenters. The van der Waals surface area contributed by atoms with Gasteiger partial charge in [-0.05, 0) is 25.5 Å². The Morgan fingerprint density at radius 3 is 2.62 bits per heavy atom. The number of aromatic nitrogens is 3. The minimum Gasteiger partial charge on any atom is -0.377 e. The Bertz CT molecular complexity index is 564. The van der Waals surface area contributed by atoms with Gasteiger partial charge in [0.25, 0.3) is 0 Å². The van der Waals surface area contributed by atoms with Crippen molar-refractivity contribution in [1.82, 2.24) is 15.0 Å². The van der Waals surface area contributed by atoms with Gasteiger partial charge in [-0.2, -0.15) is 0 Å². The molecule has 2 aromatic heterocycles. The zero-order valence-electron chi connectivity index (χ0n) is 12.7. The van der Waals surface area contributed by atoms with Crippen molar-refractivity contribution in [3.8, 4) is 0 Å². The fourth-order valence-electron chi connectivity index (χ4n) is 1.93. The smallest absolute Gasteiger partial charge is 0.158 e. The van der Waals surface area contributed by atoms with Crippen LogP contribution in [0.2, 0.25) is 0 Å². The van der Waals surface area contributed by atoms with E-state index in [4.69, 9.17) is 4.74 Å². The Morgan fingerprint density at radius 1 is 1.19 bits per heavy atom. The maximum absolute atomic E-state index is 5.11. The topological polar surface area (TPSA) is 72.0 Å². The van der Waals surface area contributed by atoms with Crippen molar-refractivity contribution in [2.24, 2.45) is 0 Å². The molecule has 0 bridgehead atoms. The van der Waals surface area contributed by atoms with Gasteiger partial charge in [-0.1, -0.05) is 6.07 Å². The Kier molecular flexibility index (Phi) is 5.45. The second-order valence-corrected chi connectivity index (χ2v) is 4.64. The van der Waals surface area contributed by atoms with Gasteiger partial charge in [0.05, 0.1) is 12.2 Å². The lowest BCUT2D eigenvalue weighted by Gasteiger charge is -2.11. The van der Waals surface area contributed by atoms with E-state index in [1.54, 1.807) is 13.3 Å². The first kappa shape index (κ1) is 15.2. The van der Waals surface area contributed by atoms with Gasteiger partial charge in [-0.3, -0.25) is 4.98 Å². The first-order valence-electron chi connectivity index (χ1n) is 6.98. The average molecular weight is 287 g/mol. The van der Waals surface area contributed by atoms with E-state index >= 15 is 0 Å². The summed E-state index contributed by atoms with van der Waals surface area (Å²) in [6.07, 6.45) is 1.80. The number of ether oxygens (including phenoxy) is 1. The van der Waals surface area contributed by atoms with E-state index < -0.39 is 0 Å². The summed E-state index contributed by atoms with van der Waals surface area (Å²) in [5.41, 5.74) is 2.16. The third kappa shape index (κ3) is 4.39. The molecular formula is C15H21N5O. The van der Waals surface area contributed by atoms with E-state index in [2.05, 4.69) is 25.6 Å². The first-order valence-corrected chi connectivity index (χ1v) is 6.98. The Labute approximate surface area is 125 Å². The largest absolute Gasteiger partial charge is 0.377 e. The Morgan fingerprint density at radius 2 is 1.95 bits per heavy atom. The molecule has 0 aliphatic heterocycles. The van der Waals surface area contributed by atoms with Crippen molar-refractivity contribution >= 4 is 11.6 Å². The molecule has 0 radical (unpaired) electrons. The fraction of sp³-hybridized carbons (Fsp3) is 0.400. The molecule has 0 saturated heterocycles. The molecule has 112 valence electrons. The molecule has 6 nitrogen and oxygen atoms in total. The molecule has 0 aromatic carbocycles. The van der Waals surface area contributed by atoms with Crippen molar-refractivity contribution in [3.63, 3.8) is 0 Å². The lowest BCUT2D eigenvalue weighted by Crippen LogP contribution is -2.09. The number of anilines is 2. The normalized spacial score (nSPS) is 10.4. The number of methoxy groups -OCH3 is 1. The van der Waals surface area contributed by atoms with Gasteiger partial charge in [-0.25, -0.2) is 9.97 Å². The summed E-state index contributed by atoms with van der Waals surface area (Å²) >= 11 is 0. The lowest BCUT2D eigenvalue weighted by atomic mass is 10.2. The number of rotatable bonds is 7. The van der Waals surface area contributed by atoms with Crippen LogP contribution in [-0.4, -0.2) is 28.6 Å². The molecule has 2 rings (SSSR count). The molecule has 2 heterocycles. The third-order valence-electron chi connectivity index (χ3n) is 2.96. The fourth-order valence-corrected chi connectivity index (χ4v) is 1.93. The highest BCUT2D eigenvalue weighted by molar-refractivity contribution is 5.47. The van der Waals surface area contributed by atoms with Gasteiger partial charge in [0, 0.05) is 25.9 Å². The van der Waals surface area contributed by atoms with Crippen LogP contribution >= 0.6 is 0 Å². The average Bonchev–Trinajstić information content (AvgIpc) is 2.47. The van der Waals surface area contributed by atoms with Crippen LogP contribution in [0.25, 0.3) is 0 Å². The molecule has 0 aliphatic carbocycles. The zero-order chi connectivity index (χ0) is 15.1. The Balaban J connectivity index is 2.13. The van der Waals surface area contributed by atoms with E-state index in [9.17, 15) is 0 Å². The number of hydrogen-bond acceptors (Lipinski definition) is 6. The van der Waals surface area contributed by atoms with E-state index in [0.717, 1.165) is 29.4 Å². The highest BCUT2D eigenvalue weighted by Gasteiger charge is 2.05. The van der Waals surface area contributed by atoms with Crippen molar-refractivity contribution in [2.45, 2.75) is 27.0 Å². The summed E-state index contributed by atoms with van der Waals surface area (Å²) < 4.78 is 5.11.